The summed E-state index contributed by atoms with van der Waals surface area (Å²) in [6.07, 6.45) is 0. The van der Waals surface area contributed by atoms with Crippen LogP contribution in [0.3, 0.4) is 0 Å². The maximum Gasteiger partial charge on any atom is 0.129 e. The van der Waals surface area contributed by atoms with Crippen LogP contribution in [0, 0.1) is 6.92 Å². The third-order valence-corrected chi connectivity index (χ3v) is 3.58. The van der Waals surface area contributed by atoms with Gasteiger partial charge in [0.1, 0.15) is 4.99 Å². The van der Waals surface area contributed by atoms with E-state index in [1.807, 2.05) is 44.3 Å². The molecule has 3 heteroatoms. The third-order valence-electron chi connectivity index (χ3n) is 3.08. The van der Waals surface area contributed by atoms with E-state index in [-0.39, 0.29) is 0 Å². The standard InChI is InChI=1S/C17H18N2S/c1-13-9-11-15(12-10-13)14(2)18-19(3)17(20)16-7-5-4-6-8-16/h4-12H,1-3H3/b18-14-. The van der Waals surface area contributed by atoms with Crippen molar-refractivity contribution in [2.75, 3.05) is 7.05 Å². The zero-order chi connectivity index (χ0) is 14.5. The summed E-state index contributed by atoms with van der Waals surface area (Å²) in [6.45, 7) is 4.07. The predicted molar refractivity (Wildman–Crippen MR) is 89.3 cm³/mol. The molecule has 2 aromatic carbocycles. The SMILES string of the molecule is C/C(=N/N(C)C(=S)c1ccccc1)c1ccc(C)cc1. The van der Waals surface area contributed by atoms with Crippen LogP contribution in [0.1, 0.15) is 23.6 Å². The average molecular weight is 282 g/mol. The summed E-state index contributed by atoms with van der Waals surface area (Å²) in [6, 6.07) is 18.3. The highest BCUT2D eigenvalue weighted by Crippen LogP contribution is 2.08. The molecular weight excluding hydrogens is 264 g/mol. The van der Waals surface area contributed by atoms with Crippen LogP contribution in [-0.2, 0) is 0 Å². The van der Waals surface area contributed by atoms with Crippen molar-refractivity contribution < 1.29 is 0 Å². The second-order valence-corrected chi connectivity index (χ2v) is 5.13. The van der Waals surface area contributed by atoms with Gasteiger partial charge in [0.25, 0.3) is 0 Å². The number of aryl methyl sites for hydroxylation is 1. The Morgan fingerprint density at radius 3 is 2.15 bits per heavy atom. The molecule has 20 heavy (non-hydrogen) atoms. The van der Waals surface area contributed by atoms with Crippen molar-refractivity contribution in [3.63, 3.8) is 0 Å². The van der Waals surface area contributed by atoms with Crippen LogP contribution in [0.15, 0.2) is 59.7 Å². The minimum atomic E-state index is 0.720. The van der Waals surface area contributed by atoms with Gasteiger partial charge >= 0.3 is 0 Å². The minimum absolute atomic E-state index is 0.720. The molecule has 0 fully saturated rings. The number of thiocarbonyl (C=S) groups is 1. The summed E-state index contributed by atoms with van der Waals surface area (Å²) in [5.74, 6) is 0. The number of hydrogen-bond donors (Lipinski definition) is 0. The molecule has 0 aliphatic rings. The van der Waals surface area contributed by atoms with E-state index in [0.717, 1.165) is 21.8 Å². The lowest BCUT2D eigenvalue weighted by Crippen LogP contribution is -2.21. The monoisotopic (exact) mass is 282 g/mol. The van der Waals surface area contributed by atoms with Crippen molar-refractivity contribution in [2.24, 2.45) is 5.10 Å². The lowest BCUT2D eigenvalue weighted by Gasteiger charge is -2.15. The summed E-state index contributed by atoms with van der Waals surface area (Å²) in [4.78, 5) is 0.720. The molecule has 102 valence electrons. The molecule has 0 bridgehead atoms. The zero-order valence-electron chi connectivity index (χ0n) is 12.0. The van der Waals surface area contributed by atoms with E-state index in [4.69, 9.17) is 12.2 Å². The van der Waals surface area contributed by atoms with Crippen LogP contribution < -0.4 is 0 Å². The first-order chi connectivity index (χ1) is 9.58. The fraction of sp³-hybridized carbons (Fsp3) is 0.176. The van der Waals surface area contributed by atoms with E-state index in [0.29, 0.717) is 0 Å². The Labute approximate surface area is 125 Å². The lowest BCUT2D eigenvalue weighted by atomic mass is 10.1. The second-order valence-electron chi connectivity index (χ2n) is 4.75. The molecule has 0 heterocycles. The Kier molecular flexibility index (Phi) is 4.64. The normalized spacial score (nSPS) is 11.2. The molecule has 0 N–H and O–H groups in total. The van der Waals surface area contributed by atoms with Crippen molar-refractivity contribution >= 4 is 22.9 Å². The van der Waals surface area contributed by atoms with Gasteiger partial charge in [-0.05, 0) is 19.4 Å². The molecule has 0 aliphatic carbocycles. The highest BCUT2D eigenvalue weighted by Gasteiger charge is 2.06. The van der Waals surface area contributed by atoms with Gasteiger partial charge in [-0.15, -0.1) is 0 Å². The topological polar surface area (TPSA) is 15.6 Å². The molecule has 0 amide bonds. The fourth-order valence-corrected chi connectivity index (χ4v) is 2.07. The van der Waals surface area contributed by atoms with Gasteiger partial charge in [0.2, 0.25) is 0 Å². The summed E-state index contributed by atoms with van der Waals surface area (Å²) in [5.41, 5.74) is 4.31. The lowest BCUT2D eigenvalue weighted by molar-refractivity contribution is 0.555. The van der Waals surface area contributed by atoms with Crippen molar-refractivity contribution in [1.82, 2.24) is 5.01 Å². The van der Waals surface area contributed by atoms with Gasteiger partial charge in [0.05, 0.1) is 5.71 Å². The van der Waals surface area contributed by atoms with Crippen LogP contribution in [-0.4, -0.2) is 22.8 Å². The van der Waals surface area contributed by atoms with E-state index < -0.39 is 0 Å². The van der Waals surface area contributed by atoms with Gasteiger partial charge in [-0.3, -0.25) is 5.01 Å². The van der Waals surface area contributed by atoms with Gasteiger partial charge in [-0.2, -0.15) is 5.10 Å². The molecule has 0 aliphatic heterocycles. The Bertz CT molecular complexity index is 615. The Hall–Kier alpha value is -2.00. The van der Waals surface area contributed by atoms with Gasteiger partial charge < -0.3 is 0 Å². The Morgan fingerprint density at radius 2 is 1.55 bits per heavy atom. The van der Waals surface area contributed by atoms with Gasteiger partial charge in [0, 0.05) is 12.6 Å². The largest absolute Gasteiger partial charge is 0.257 e. The van der Waals surface area contributed by atoms with E-state index >= 15 is 0 Å². The molecular formula is C17H18N2S. The van der Waals surface area contributed by atoms with Crippen molar-refractivity contribution in [2.45, 2.75) is 13.8 Å². The van der Waals surface area contributed by atoms with E-state index in [2.05, 4.69) is 36.3 Å². The van der Waals surface area contributed by atoms with E-state index in [9.17, 15) is 0 Å². The Balaban J connectivity index is 2.17. The maximum atomic E-state index is 5.45. The zero-order valence-corrected chi connectivity index (χ0v) is 12.8. The predicted octanol–water partition coefficient (Wildman–Crippen LogP) is 4.03. The Morgan fingerprint density at radius 1 is 0.950 bits per heavy atom. The van der Waals surface area contributed by atoms with E-state index in [1.54, 1.807) is 5.01 Å². The smallest absolute Gasteiger partial charge is 0.129 e. The first-order valence-electron chi connectivity index (χ1n) is 6.53. The van der Waals surface area contributed by atoms with Crippen molar-refractivity contribution in [1.29, 1.82) is 0 Å². The number of rotatable bonds is 3. The van der Waals surface area contributed by atoms with E-state index in [1.165, 1.54) is 5.56 Å². The van der Waals surface area contributed by atoms with Crippen molar-refractivity contribution in [3.05, 3.63) is 71.3 Å². The van der Waals surface area contributed by atoms with Crippen LogP contribution in [0.25, 0.3) is 0 Å². The summed E-state index contributed by atoms with van der Waals surface area (Å²) in [5, 5.41) is 6.31. The summed E-state index contributed by atoms with van der Waals surface area (Å²) < 4.78 is 0. The highest BCUT2D eigenvalue weighted by molar-refractivity contribution is 7.80. The fourth-order valence-electron chi connectivity index (χ4n) is 1.89. The van der Waals surface area contributed by atoms with Crippen LogP contribution in [0.5, 0.6) is 0 Å². The summed E-state index contributed by atoms with van der Waals surface area (Å²) in [7, 11) is 1.88. The molecule has 0 atom stereocenters. The van der Waals surface area contributed by atoms with Crippen LogP contribution in [0.2, 0.25) is 0 Å². The third kappa shape index (κ3) is 3.52. The first-order valence-corrected chi connectivity index (χ1v) is 6.94. The molecule has 2 rings (SSSR count). The minimum Gasteiger partial charge on any atom is -0.257 e. The van der Waals surface area contributed by atoms with Crippen LogP contribution in [0.4, 0.5) is 0 Å². The first kappa shape index (κ1) is 14.4. The van der Waals surface area contributed by atoms with Crippen molar-refractivity contribution in [3.8, 4) is 0 Å². The molecule has 2 aromatic rings. The molecule has 0 spiro atoms. The molecule has 0 aromatic heterocycles. The number of nitrogens with zero attached hydrogens (tertiary/aromatic N) is 2. The number of hydrogen-bond acceptors (Lipinski definition) is 2. The summed E-state index contributed by atoms with van der Waals surface area (Å²) >= 11 is 5.45. The van der Waals surface area contributed by atoms with Gasteiger partial charge in [-0.1, -0.05) is 72.4 Å². The second kappa shape index (κ2) is 6.44. The molecule has 0 saturated heterocycles. The van der Waals surface area contributed by atoms with Crippen LogP contribution >= 0.6 is 12.2 Å². The molecule has 0 radical (unpaired) electrons. The maximum absolute atomic E-state index is 5.45. The van der Waals surface area contributed by atoms with Gasteiger partial charge in [-0.25, -0.2) is 0 Å². The average Bonchev–Trinajstić information content (AvgIpc) is 2.48. The van der Waals surface area contributed by atoms with Gasteiger partial charge in [0.15, 0.2) is 0 Å². The molecule has 0 unspecified atom stereocenters. The highest BCUT2D eigenvalue weighted by atomic mass is 32.1. The number of benzene rings is 2. The number of hydrazone groups is 1. The molecule has 0 saturated carbocycles. The quantitative estimate of drug-likeness (QED) is 0.480. The molecule has 2 nitrogen and oxygen atoms in total.